The quantitative estimate of drug-likeness (QED) is 0.540. The summed E-state index contributed by atoms with van der Waals surface area (Å²) < 4.78 is 0.329. The van der Waals surface area contributed by atoms with Gasteiger partial charge in [0.25, 0.3) is 0 Å². The molecule has 0 aromatic rings. The minimum atomic E-state index is -0.852. The van der Waals surface area contributed by atoms with E-state index in [2.05, 4.69) is 0 Å². The highest BCUT2D eigenvalue weighted by Crippen LogP contribution is 2.17. The van der Waals surface area contributed by atoms with E-state index in [0.29, 0.717) is 10.2 Å². The summed E-state index contributed by atoms with van der Waals surface area (Å²) in [5.74, 6) is -0.852. The van der Waals surface area contributed by atoms with E-state index in [9.17, 15) is 4.79 Å². The zero-order valence-electron chi connectivity index (χ0n) is 6.03. The molecule has 0 saturated heterocycles. The molecule has 0 aliphatic carbocycles. The number of likely N-dealkylation sites (N-methyl/N-ethyl adjacent to an activating group) is 1. The van der Waals surface area contributed by atoms with Gasteiger partial charge in [0, 0.05) is 6.08 Å². The fraction of sp³-hybridized carbons (Fsp3) is 0.286. The average molecular weight is 140 g/mol. The van der Waals surface area contributed by atoms with Crippen molar-refractivity contribution in [3.8, 4) is 0 Å². The first-order valence-electron chi connectivity index (χ1n) is 3.01. The van der Waals surface area contributed by atoms with Crippen LogP contribution in [0.3, 0.4) is 0 Å². The predicted octanol–water partition coefficient (Wildman–Crippen LogP) is 0.559. The predicted molar refractivity (Wildman–Crippen MR) is 37.0 cm³/mol. The summed E-state index contributed by atoms with van der Waals surface area (Å²) in [5.41, 5.74) is 0.403. The normalized spacial score (nSPS) is 20.8. The number of rotatable bonds is 1. The van der Waals surface area contributed by atoms with Gasteiger partial charge < -0.3 is 5.11 Å². The van der Waals surface area contributed by atoms with Gasteiger partial charge in [-0.05, 0) is 6.08 Å². The maximum absolute atomic E-state index is 10.5. The van der Waals surface area contributed by atoms with Gasteiger partial charge in [-0.2, -0.15) is 0 Å². The molecule has 3 nitrogen and oxygen atoms in total. The standard InChI is InChI=1S/C7H9NO2/c1-8(2)5-3-4-6(8)7(9)10/h3-5H,1-2H3/p+1. The van der Waals surface area contributed by atoms with Crippen molar-refractivity contribution in [1.29, 1.82) is 0 Å². The molecule has 1 rings (SSSR count). The topological polar surface area (TPSA) is 37.3 Å². The van der Waals surface area contributed by atoms with Crippen molar-refractivity contribution in [3.05, 3.63) is 24.0 Å². The Kier molecular flexibility index (Phi) is 1.37. The zero-order chi connectivity index (χ0) is 7.78. The Morgan fingerprint density at radius 3 is 2.40 bits per heavy atom. The van der Waals surface area contributed by atoms with E-state index in [1.165, 1.54) is 0 Å². The fourth-order valence-corrected chi connectivity index (χ4v) is 0.940. The maximum Gasteiger partial charge on any atom is 0.390 e. The number of quaternary nitrogens is 1. The Bertz CT molecular complexity index is 226. The third-order valence-corrected chi connectivity index (χ3v) is 1.55. The molecular weight excluding hydrogens is 130 g/mol. The minimum Gasteiger partial charge on any atom is -0.474 e. The van der Waals surface area contributed by atoms with Crippen molar-refractivity contribution in [2.45, 2.75) is 0 Å². The Hall–Kier alpha value is -1.09. The molecule has 0 aromatic carbocycles. The fourth-order valence-electron chi connectivity index (χ4n) is 0.940. The molecular formula is C7H10NO2+. The van der Waals surface area contributed by atoms with Crippen LogP contribution >= 0.6 is 0 Å². The van der Waals surface area contributed by atoms with Gasteiger partial charge in [0.15, 0.2) is 0 Å². The zero-order valence-corrected chi connectivity index (χ0v) is 6.03. The van der Waals surface area contributed by atoms with Gasteiger partial charge in [-0.25, -0.2) is 4.79 Å². The Morgan fingerprint density at radius 2 is 2.20 bits per heavy atom. The van der Waals surface area contributed by atoms with Gasteiger partial charge in [0.2, 0.25) is 5.70 Å². The first-order chi connectivity index (χ1) is 4.54. The molecule has 10 heavy (non-hydrogen) atoms. The summed E-state index contributed by atoms with van der Waals surface area (Å²) in [6.45, 7) is 0. The molecule has 0 radical (unpaired) electrons. The Morgan fingerprint density at radius 1 is 1.60 bits per heavy atom. The monoisotopic (exact) mass is 140 g/mol. The van der Waals surface area contributed by atoms with E-state index < -0.39 is 5.97 Å². The van der Waals surface area contributed by atoms with Crippen LogP contribution in [0, 0.1) is 0 Å². The molecule has 0 saturated carbocycles. The first kappa shape index (κ1) is 7.02. The lowest BCUT2D eigenvalue weighted by atomic mass is 10.4. The number of carboxylic acids is 1. The number of aliphatic carboxylic acids is 1. The SMILES string of the molecule is C[N+]1(C)C=CC=C1C(=O)O. The van der Waals surface area contributed by atoms with Crippen LogP contribution in [0.15, 0.2) is 24.0 Å². The minimum absolute atomic E-state index is 0.329. The smallest absolute Gasteiger partial charge is 0.390 e. The number of carbonyl (C=O) groups is 1. The molecule has 0 bridgehead atoms. The van der Waals surface area contributed by atoms with Crippen LogP contribution in [0.5, 0.6) is 0 Å². The van der Waals surface area contributed by atoms with E-state index in [1.807, 2.05) is 20.3 Å². The lowest BCUT2D eigenvalue weighted by molar-refractivity contribution is -0.791. The van der Waals surface area contributed by atoms with Crippen molar-refractivity contribution in [2.75, 3.05) is 14.1 Å². The molecule has 0 amide bonds. The van der Waals surface area contributed by atoms with E-state index in [4.69, 9.17) is 5.11 Å². The largest absolute Gasteiger partial charge is 0.474 e. The summed E-state index contributed by atoms with van der Waals surface area (Å²) >= 11 is 0. The molecule has 1 N–H and O–H groups in total. The van der Waals surface area contributed by atoms with Crippen molar-refractivity contribution < 1.29 is 14.4 Å². The first-order valence-corrected chi connectivity index (χ1v) is 3.01. The molecule has 3 heteroatoms. The molecule has 0 atom stereocenters. The summed E-state index contributed by atoms with van der Waals surface area (Å²) in [6.07, 6.45) is 5.19. The van der Waals surface area contributed by atoms with Crippen molar-refractivity contribution >= 4 is 5.97 Å². The molecule has 1 aliphatic heterocycles. The van der Waals surface area contributed by atoms with Crippen molar-refractivity contribution in [2.24, 2.45) is 0 Å². The van der Waals surface area contributed by atoms with Crippen molar-refractivity contribution in [1.82, 2.24) is 0 Å². The van der Waals surface area contributed by atoms with Gasteiger partial charge in [-0.15, -0.1) is 0 Å². The Labute approximate surface area is 59.5 Å². The number of nitrogens with zero attached hydrogens (tertiary/aromatic N) is 1. The lowest BCUT2D eigenvalue weighted by Gasteiger charge is -2.20. The van der Waals surface area contributed by atoms with Gasteiger partial charge >= 0.3 is 5.97 Å². The van der Waals surface area contributed by atoms with E-state index >= 15 is 0 Å². The second-order valence-electron chi connectivity index (χ2n) is 2.74. The molecule has 1 heterocycles. The van der Waals surface area contributed by atoms with Crippen LogP contribution in [-0.2, 0) is 4.79 Å². The van der Waals surface area contributed by atoms with Gasteiger partial charge in [-0.1, -0.05) is 0 Å². The van der Waals surface area contributed by atoms with Crippen LogP contribution in [-0.4, -0.2) is 29.7 Å². The third kappa shape index (κ3) is 0.953. The van der Waals surface area contributed by atoms with Gasteiger partial charge in [0.05, 0.1) is 14.1 Å². The maximum atomic E-state index is 10.5. The molecule has 54 valence electrons. The highest BCUT2D eigenvalue weighted by atomic mass is 16.4. The van der Waals surface area contributed by atoms with Crippen LogP contribution in [0.1, 0.15) is 0 Å². The number of hydrogen-bond donors (Lipinski definition) is 1. The molecule has 0 unspecified atom stereocenters. The summed E-state index contributed by atoms with van der Waals surface area (Å²) in [7, 11) is 3.65. The number of hydrogen-bond acceptors (Lipinski definition) is 1. The average Bonchev–Trinajstić information content (AvgIpc) is 2.08. The summed E-state index contributed by atoms with van der Waals surface area (Å²) in [4.78, 5) is 10.5. The van der Waals surface area contributed by atoms with E-state index in [-0.39, 0.29) is 0 Å². The van der Waals surface area contributed by atoms with Gasteiger partial charge in [0.1, 0.15) is 6.20 Å². The van der Waals surface area contributed by atoms with E-state index in [0.717, 1.165) is 0 Å². The molecule has 1 aliphatic rings. The van der Waals surface area contributed by atoms with Crippen LogP contribution in [0.25, 0.3) is 0 Å². The highest BCUT2D eigenvalue weighted by Gasteiger charge is 2.28. The molecule has 0 aromatic heterocycles. The molecule has 0 spiro atoms. The van der Waals surface area contributed by atoms with Gasteiger partial charge in [-0.3, -0.25) is 4.48 Å². The second-order valence-corrected chi connectivity index (χ2v) is 2.74. The summed E-state index contributed by atoms with van der Waals surface area (Å²) in [5, 5.41) is 8.62. The Balaban J connectivity index is 2.93. The third-order valence-electron chi connectivity index (χ3n) is 1.55. The van der Waals surface area contributed by atoms with Crippen LogP contribution in [0.4, 0.5) is 0 Å². The van der Waals surface area contributed by atoms with E-state index in [1.54, 1.807) is 12.2 Å². The highest BCUT2D eigenvalue weighted by molar-refractivity contribution is 5.85. The second kappa shape index (κ2) is 1.95. The number of allylic oxidation sites excluding steroid dienone is 2. The van der Waals surface area contributed by atoms with Crippen LogP contribution < -0.4 is 0 Å². The van der Waals surface area contributed by atoms with Crippen LogP contribution in [0.2, 0.25) is 0 Å². The van der Waals surface area contributed by atoms with Crippen molar-refractivity contribution in [3.63, 3.8) is 0 Å². The summed E-state index contributed by atoms with van der Waals surface area (Å²) in [6, 6.07) is 0. The lowest BCUT2D eigenvalue weighted by Crippen LogP contribution is -2.33. The molecule has 0 fully saturated rings. The number of carboxylic acid groups (broad SMARTS) is 1.